The van der Waals surface area contributed by atoms with Crippen molar-refractivity contribution in [3.8, 4) is 6.07 Å². The van der Waals surface area contributed by atoms with E-state index in [1.165, 1.54) is 89.9 Å². The van der Waals surface area contributed by atoms with E-state index in [0.717, 1.165) is 18.5 Å². The van der Waals surface area contributed by atoms with Crippen LogP contribution in [0.3, 0.4) is 0 Å². The second-order valence-corrected chi connectivity index (χ2v) is 9.33. The standard InChI is InChI=1S/C28H45N3OS/c1-2-3-4-5-6-7-8-9-10-11-12-13-14-15-16-20-23-30-27(32)26(24-29)28(33)31-25-21-18-17-19-22-25/h17-19,21-22,31,33H,2-16,20,23H2,1H3,(H,30,32)/b28-26+. The minimum atomic E-state index is -0.369. The van der Waals surface area contributed by atoms with Crippen LogP contribution in [0.15, 0.2) is 40.9 Å². The molecule has 1 aromatic carbocycles. The van der Waals surface area contributed by atoms with Crippen molar-refractivity contribution in [3.63, 3.8) is 0 Å². The molecule has 0 aromatic heterocycles. The molecule has 0 saturated carbocycles. The molecule has 0 saturated heterocycles. The monoisotopic (exact) mass is 471 g/mol. The normalized spacial score (nSPS) is 11.5. The second-order valence-electron chi connectivity index (χ2n) is 8.89. The zero-order valence-corrected chi connectivity index (χ0v) is 21.6. The average molecular weight is 472 g/mol. The molecule has 0 aliphatic carbocycles. The van der Waals surface area contributed by atoms with Crippen molar-refractivity contribution in [2.75, 3.05) is 11.9 Å². The van der Waals surface area contributed by atoms with Crippen LogP contribution in [0.25, 0.3) is 0 Å². The van der Waals surface area contributed by atoms with Crippen LogP contribution in [0.1, 0.15) is 110 Å². The molecule has 0 aliphatic rings. The lowest BCUT2D eigenvalue weighted by Gasteiger charge is -2.09. The third-order valence-electron chi connectivity index (χ3n) is 5.93. The third-order valence-corrected chi connectivity index (χ3v) is 6.26. The van der Waals surface area contributed by atoms with E-state index in [1.807, 2.05) is 36.4 Å². The Morgan fingerprint density at radius 3 is 1.70 bits per heavy atom. The SMILES string of the molecule is CCCCCCCCCCCCCCCCCCNC(=O)/C(C#N)=C(/S)Nc1ccccc1. The van der Waals surface area contributed by atoms with Crippen LogP contribution in [0.5, 0.6) is 0 Å². The maximum atomic E-state index is 12.3. The fourth-order valence-electron chi connectivity index (χ4n) is 3.90. The number of unbranched alkanes of at least 4 members (excludes halogenated alkanes) is 15. The molecule has 0 radical (unpaired) electrons. The number of carbonyl (C=O) groups is 1. The van der Waals surface area contributed by atoms with Gasteiger partial charge < -0.3 is 10.6 Å². The number of nitrogens with one attached hydrogen (secondary N) is 2. The number of amides is 1. The summed E-state index contributed by atoms with van der Waals surface area (Å²) in [6, 6.07) is 11.3. The molecule has 0 heterocycles. The Balaban J connectivity index is 1.98. The third kappa shape index (κ3) is 15.5. The predicted molar refractivity (Wildman–Crippen MR) is 144 cm³/mol. The highest BCUT2D eigenvalue weighted by Gasteiger charge is 2.13. The summed E-state index contributed by atoms with van der Waals surface area (Å²) in [7, 11) is 0. The van der Waals surface area contributed by atoms with Crippen LogP contribution in [0.4, 0.5) is 5.69 Å². The first-order valence-electron chi connectivity index (χ1n) is 13.1. The first-order valence-corrected chi connectivity index (χ1v) is 13.6. The zero-order valence-electron chi connectivity index (χ0n) is 20.7. The summed E-state index contributed by atoms with van der Waals surface area (Å²) < 4.78 is 0. The van der Waals surface area contributed by atoms with Gasteiger partial charge in [0.15, 0.2) is 0 Å². The van der Waals surface area contributed by atoms with E-state index in [9.17, 15) is 10.1 Å². The van der Waals surface area contributed by atoms with E-state index < -0.39 is 0 Å². The van der Waals surface area contributed by atoms with E-state index in [1.54, 1.807) is 0 Å². The quantitative estimate of drug-likeness (QED) is 0.0778. The predicted octanol–water partition coefficient (Wildman–Crippen LogP) is 8.14. The molecule has 0 spiro atoms. The number of thiol groups is 1. The maximum Gasteiger partial charge on any atom is 0.264 e. The van der Waals surface area contributed by atoms with E-state index in [4.69, 9.17) is 0 Å². The van der Waals surface area contributed by atoms with Gasteiger partial charge in [0.25, 0.3) is 5.91 Å². The Morgan fingerprint density at radius 1 is 0.788 bits per heavy atom. The Kier molecular flexibility index (Phi) is 18.2. The molecule has 0 atom stereocenters. The van der Waals surface area contributed by atoms with Crippen LogP contribution in [-0.4, -0.2) is 12.5 Å². The first kappa shape index (κ1) is 29.1. The Morgan fingerprint density at radius 2 is 1.24 bits per heavy atom. The minimum absolute atomic E-state index is 0.0127. The number of rotatable bonds is 20. The molecule has 0 aliphatic heterocycles. The van der Waals surface area contributed by atoms with Crippen molar-refractivity contribution in [2.45, 2.75) is 110 Å². The van der Waals surface area contributed by atoms with Crippen LogP contribution in [-0.2, 0) is 4.79 Å². The van der Waals surface area contributed by atoms with Gasteiger partial charge in [-0.15, -0.1) is 12.6 Å². The van der Waals surface area contributed by atoms with E-state index >= 15 is 0 Å². The van der Waals surface area contributed by atoms with Gasteiger partial charge >= 0.3 is 0 Å². The highest BCUT2D eigenvalue weighted by atomic mass is 32.1. The first-order chi connectivity index (χ1) is 16.2. The van der Waals surface area contributed by atoms with Gasteiger partial charge in [-0.2, -0.15) is 5.26 Å². The number of carbonyl (C=O) groups excluding carboxylic acids is 1. The molecule has 1 amide bonds. The topological polar surface area (TPSA) is 64.9 Å². The van der Waals surface area contributed by atoms with Gasteiger partial charge in [0.1, 0.15) is 11.6 Å². The van der Waals surface area contributed by atoms with Gasteiger partial charge in [0.05, 0.1) is 5.03 Å². The van der Waals surface area contributed by atoms with Crippen LogP contribution in [0, 0.1) is 11.3 Å². The van der Waals surface area contributed by atoms with E-state index in [-0.39, 0.29) is 16.5 Å². The van der Waals surface area contributed by atoms with Crippen molar-refractivity contribution in [1.82, 2.24) is 5.32 Å². The zero-order chi connectivity index (χ0) is 24.0. The number of hydrogen-bond acceptors (Lipinski definition) is 4. The summed E-state index contributed by atoms with van der Waals surface area (Å²) in [6.45, 7) is 2.87. The summed E-state index contributed by atoms with van der Waals surface area (Å²) in [4.78, 5) is 12.3. The van der Waals surface area contributed by atoms with Crippen molar-refractivity contribution in [2.24, 2.45) is 0 Å². The number of benzene rings is 1. The number of nitrogens with zero attached hydrogens (tertiary/aromatic N) is 1. The fourth-order valence-corrected chi connectivity index (χ4v) is 4.18. The fraction of sp³-hybridized carbons (Fsp3) is 0.643. The summed E-state index contributed by atoms with van der Waals surface area (Å²) in [5, 5.41) is 15.4. The number of anilines is 1. The highest BCUT2D eigenvalue weighted by molar-refractivity contribution is 7.84. The number of nitriles is 1. The van der Waals surface area contributed by atoms with Crippen molar-refractivity contribution in [1.29, 1.82) is 5.26 Å². The van der Waals surface area contributed by atoms with Crippen molar-refractivity contribution in [3.05, 3.63) is 40.9 Å². The molecular weight excluding hydrogens is 426 g/mol. The van der Waals surface area contributed by atoms with Gasteiger partial charge in [-0.05, 0) is 18.6 Å². The van der Waals surface area contributed by atoms with Gasteiger partial charge in [-0.3, -0.25) is 4.79 Å². The smallest absolute Gasteiger partial charge is 0.264 e. The van der Waals surface area contributed by atoms with Crippen LogP contribution < -0.4 is 10.6 Å². The molecule has 33 heavy (non-hydrogen) atoms. The van der Waals surface area contributed by atoms with Gasteiger partial charge in [0, 0.05) is 12.2 Å². The molecule has 1 aromatic rings. The Labute approximate surface area is 208 Å². The molecule has 2 N–H and O–H groups in total. The number of para-hydroxylation sites is 1. The summed E-state index contributed by atoms with van der Waals surface area (Å²) in [5.74, 6) is -0.369. The van der Waals surface area contributed by atoms with Crippen molar-refractivity contribution >= 4 is 24.2 Å². The lowest BCUT2D eigenvalue weighted by Crippen LogP contribution is -2.26. The molecule has 5 heteroatoms. The number of hydrogen-bond donors (Lipinski definition) is 3. The van der Waals surface area contributed by atoms with E-state index in [0.29, 0.717) is 6.54 Å². The summed E-state index contributed by atoms with van der Waals surface area (Å²) >= 11 is 4.30. The lowest BCUT2D eigenvalue weighted by molar-refractivity contribution is -0.117. The van der Waals surface area contributed by atoms with Gasteiger partial charge in [-0.1, -0.05) is 121 Å². The van der Waals surface area contributed by atoms with Crippen molar-refractivity contribution < 1.29 is 4.79 Å². The molecule has 0 fully saturated rings. The Bertz CT molecular complexity index is 697. The Hall–Kier alpha value is -1.93. The van der Waals surface area contributed by atoms with Gasteiger partial charge in [0.2, 0.25) is 0 Å². The molecule has 0 bridgehead atoms. The molecule has 0 unspecified atom stereocenters. The van der Waals surface area contributed by atoms with Gasteiger partial charge in [-0.25, -0.2) is 0 Å². The molecule has 4 nitrogen and oxygen atoms in total. The summed E-state index contributed by atoms with van der Waals surface area (Å²) in [5.41, 5.74) is 0.805. The summed E-state index contributed by atoms with van der Waals surface area (Å²) in [6.07, 6.45) is 21.2. The second kappa shape index (κ2) is 20.7. The maximum absolute atomic E-state index is 12.3. The van der Waals surface area contributed by atoms with E-state index in [2.05, 4.69) is 30.2 Å². The highest BCUT2D eigenvalue weighted by Crippen LogP contribution is 2.16. The molecule has 1 rings (SSSR count). The average Bonchev–Trinajstić information content (AvgIpc) is 2.82. The largest absolute Gasteiger partial charge is 0.351 e. The minimum Gasteiger partial charge on any atom is -0.351 e. The molecule has 184 valence electrons. The molecular formula is C28H45N3OS. The lowest BCUT2D eigenvalue weighted by atomic mass is 10.0. The van der Waals surface area contributed by atoms with Crippen LogP contribution in [0.2, 0.25) is 0 Å². The van der Waals surface area contributed by atoms with Crippen LogP contribution >= 0.6 is 12.6 Å².